The smallest absolute Gasteiger partial charge is 0.255 e. The first-order chi connectivity index (χ1) is 10.9. The van der Waals surface area contributed by atoms with E-state index in [1.54, 1.807) is 7.11 Å². The second kappa shape index (κ2) is 7.79. The van der Waals surface area contributed by atoms with E-state index in [0.717, 1.165) is 38.4 Å². The van der Waals surface area contributed by atoms with E-state index in [9.17, 15) is 4.79 Å². The number of nitrogens with one attached hydrogen (secondary N) is 1. The molecule has 1 aliphatic heterocycles. The Labute approximate surface area is 139 Å². The van der Waals surface area contributed by atoms with Crippen LogP contribution in [0.15, 0.2) is 18.2 Å². The fourth-order valence-corrected chi connectivity index (χ4v) is 2.60. The maximum Gasteiger partial charge on any atom is 0.255 e. The molecule has 1 aliphatic rings. The number of rotatable bonds is 5. The number of hydrogen-bond donors (Lipinski definition) is 1. The molecule has 1 amide bonds. The van der Waals surface area contributed by atoms with Gasteiger partial charge in [-0.3, -0.25) is 9.69 Å². The van der Waals surface area contributed by atoms with Crippen LogP contribution >= 0.6 is 0 Å². The zero-order valence-corrected chi connectivity index (χ0v) is 14.6. The molecular weight excluding hydrogens is 292 g/mol. The van der Waals surface area contributed by atoms with E-state index in [0.29, 0.717) is 17.9 Å². The Morgan fingerprint density at radius 1 is 1.30 bits per heavy atom. The SMILES string of the molecule is COc1ccc(C(C)(C)C)cc1C(=O)NCCN1CCOCC1. The summed E-state index contributed by atoms with van der Waals surface area (Å²) in [6.07, 6.45) is 0. The van der Waals surface area contributed by atoms with Crippen molar-refractivity contribution in [3.63, 3.8) is 0 Å². The standard InChI is InChI=1S/C18H28N2O3/c1-18(2,3)14-5-6-16(22-4)15(13-14)17(21)19-7-8-20-9-11-23-12-10-20/h5-6,13H,7-12H2,1-4H3,(H,19,21). The molecule has 0 radical (unpaired) electrons. The average Bonchev–Trinajstić information content (AvgIpc) is 2.54. The van der Waals surface area contributed by atoms with Crippen molar-refractivity contribution >= 4 is 5.91 Å². The van der Waals surface area contributed by atoms with Crippen molar-refractivity contribution in [2.24, 2.45) is 0 Å². The lowest BCUT2D eigenvalue weighted by Gasteiger charge is -2.26. The number of morpholine rings is 1. The molecule has 0 spiro atoms. The minimum absolute atomic E-state index is 0.00486. The molecule has 1 saturated heterocycles. The quantitative estimate of drug-likeness (QED) is 0.902. The molecule has 0 saturated carbocycles. The topological polar surface area (TPSA) is 50.8 Å². The lowest BCUT2D eigenvalue weighted by molar-refractivity contribution is 0.0383. The highest BCUT2D eigenvalue weighted by molar-refractivity contribution is 5.97. The summed E-state index contributed by atoms with van der Waals surface area (Å²) in [6.45, 7) is 11.3. The Bertz CT molecular complexity index is 532. The van der Waals surface area contributed by atoms with E-state index < -0.39 is 0 Å². The van der Waals surface area contributed by atoms with Gasteiger partial charge in [-0.05, 0) is 23.1 Å². The van der Waals surface area contributed by atoms with Crippen LogP contribution in [0.1, 0.15) is 36.7 Å². The van der Waals surface area contributed by atoms with Crippen molar-refractivity contribution in [2.45, 2.75) is 26.2 Å². The summed E-state index contributed by atoms with van der Waals surface area (Å²) in [6, 6.07) is 5.82. The van der Waals surface area contributed by atoms with Crippen LogP contribution in [0.4, 0.5) is 0 Å². The Balaban J connectivity index is 1.99. The molecule has 128 valence electrons. The van der Waals surface area contributed by atoms with Gasteiger partial charge in [0.1, 0.15) is 5.75 Å². The van der Waals surface area contributed by atoms with Gasteiger partial charge in [0, 0.05) is 26.2 Å². The van der Waals surface area contributed by atoms with Crippen LogP contribution in [-0.2, 0) is 10.2 Å². The monoisotopic (exact) mass is 320 g/mol. The largest absolute Gasteiger partial charge is 0.496 e. The molecule has 0 bridgehead atoms. The average molecular weight is 320 g/mol. The predicted molar refractivity (Wildman–Crippen MR) is 91.3 cm³/mol. The van der Waals surface area contributed by atoms with Crippen molar-refractivity contribution in [3.8, 4) is 5.75 Å². The highest BCUT2D eigenvalue weighted by Crippen LogP contribution is 2.27. The molecular formula is C18H28N2O3. The first-order valence-electron chi connectivity index (χ1n) is 8.18. The number of carbonyl (C=O) groups excluding carboxylic acids is 1. The van der Waals surface area contributed by atoms with Gasteiger partial charge in [-0.2, -0.15) is 0 Å². The third-order valence-corrected chi connectivity index (χ3v) is 4.13. The van der Waals surface area contributed by atoms with E-state index in [4.69, 9.17) is 9.47 Å². The molecule has 1 N–H and O–H groups in total. The third kappa shape index (κ3) is 4.94. The molecule has 5 heteroatoms. The molecule has 1 heterocycles. The third-order valence-electron chi connectivity index (χ3n) is 4.13. The minimum Gasteiger partial charge on any atom is -0.496 e. The van der Waals surface area contributed by atoms with Gasteiger partial charge in [0.05, 0.1) is 25.9 Å². The molecule has 0 unspecified atom stereocenters. The highest BCUT2D eigenvalue weighted by Gasteiger charge is 2.19. The number of amides is 1. The van der Waals surface area contributed by atoms with Gasteiger partial charge >= 0.3 is 0 Å². The van der Waals surface area contributed by atoms with Crippen molar-refractivity contribution < 1.29 is 14.3 Å². The molecule has 1 aromatic rings. The summed E-state index contributed by atoms with van der Waals surface area (Å²) in [5.41, 5.74) is 1.72. The normalized spacial score (nSPS) is 16.2. The highest BCUT2D eigenvalue weighted by atomic mass is 16.5. The summed E-state index contributed by atoms with van der Waals surface area (Å²) >= 11 is 0. The van der Waals surface area contributed by atoms with Crippen LogP contribution in [-0.4, -0.2) is 57.3 Å². The molecule has 1 fully saturated rings. The molecule has 0 atom stereocenters. The van der Waals surface area contributed by atoms with Gasteiger partial charge in [0.15, 0.2) is 0 Å². The lowest BCUT2D eigenvalue weighted by Crippen LogP contribution is -2.41. The molecule has 1 aromatic carbocycles. The van der Waals surface area contributed by atoms with E-state index >= 15 is 0 Å². The van der Waals surface area contributed by atoms with E-state index in [1.807, 2.05) is 18.2 Å². The summed E-state index contributed by atoms with van der Waals surface area (Å²) < 4.78 is 10.7. The van der Waals surface area contributed by atoms with E-state index in [-0.39, 0.29) is 11.3 Å². The second-order valence-corrected chi connectivity index (χ2v) is 6.87. The summed E-state index contributed by atoms with van der Waals surface area (Å²) in [4.78, 5) is 14.8. The van der Waals surface area contributed by atoms with Crippen LogP contribution in [0.2, 0.25) is 0 Å². The Morgan fingerprint density at radius 2 is 2.00 bits per heavy atom. The first-order valence-corrected chi connectivity index (χ1v) is 8.18. The van der Waals surface area contributed by atoms with Crippen LogP contribution < -0.4 is 10.1 Å². The van der Waals surface area contributed by atoms with Gasteiger partial charge in [0.2, 0.25) is 0 Å². The van der Waals surface area contributed by atoms with E-state index in [2.05, 4.69) is 31.0 Å². The van der Waals surface area contributed by atoms with Crippen LogP contribution in [0.5, 0.6) is 5.75 Å². The van der Waals surface area contributed by atoms with Crippen LogP contribution in [0, 0.1) is 0 Å². The number of hydrogen-bond acceptors (Lipinski definition) is 4. The van der Waals surface area contributed by atoms with Crippen molar-refractivity contribution in [1.82, 2.24) is 10.2 Å². The van der Waals surface area contributed by atoms with Crippen LogP contribution in [0.3, 0.4) is 0 Å². The van der Waals surface area contributed by atoms with Gasteiger partial charge < -0.3 is 14.8 Å². The minimum atomic E-state index is -0.0822. The first kappa shape index (κ1) is 17.8. The van der Waals surface area contributed by atoms with Gasteiger partial charge in [-0.25, -0.2) is 0 Å². The van der Waals surface area contributed by atoms with E-state index in [1.165, 1.54) is 0 Å². The zero-order chi connectivity index (χ0) is 16.9. The fraction of sp³-hybridized carbons (Fsp3) is 0.611. The number of methoxy groups -OCH3 is 1. The summed E-state index contributed by atoms with van der Waals surface area (Å²) in [5.74, 6) is 0.531. The zero-order valence-electron chi connectivity index (χ0n) is 14.6. The van der Waals surface area contributed by atoms with Crippen molar-refractivity contribution in [3.05, 3.63) is 29.3 Å². The summed E-state index contributed by atoms with van der Waals surface area (Å²) in [5, 5.41) is 3.00. The lowest BCUT2D eigenvalue weighted by atomic mass is 9.86. The molecule has 0 aliphatic carbocycles. The Kier molecular flexibility index (Phi) is 6.02. The number of carbonyl (C=O) groups is 1. The van der Waals surface area contributed by atoms with Crippen molar-refractivity contribution in [1.29, 1.82) is 0 Å². The number of benzene rings is 1. The van der Waals surface area contributed by atoms with Gasteiger partial charge in [-0.15, -0.1) is 0 Å². The predicted octanol–water partition coefficient (Wildman–Crippen LogP) is 2.05. The second-order valence-electron chi connectivity index (χ2n) is 6.87. The molecule has 0 aromatic heterocycles. The molecule has 23 heavy (non-hydrogen) atoms. The van der Waals surface area contributed by atoms with Crippen LogP contribution in [0.25, 0.3) is 0 Å². The maximum atomic E-state index is 12.5. The Morgan fingerprint density at radius 3 is 2.61 bits per heavy atom. The molecule has 2 rings (SSSR count). The summed E-state index contributed by atoms with van der Waals surface area (Å²) in [7, 11) is 1.59. The molecule has 5 nitrogen and oxygen atoms in total. The van der Waals surface area contributed by atoms with Gasteiger partial charge in [-0.1, -0.05) is 26.8 Å². The maximum absolute atomic E-state index is 12.5. The van der Waals surface area contributed by atoms with Gasteiger partial charge in [0.25, 0.3) is 5.91 Å². The fourth-order valence-electron chi connectivity index (χ4n) is 2.60. The number of ether oxygens (including phenoxy) is 2. The Hall–Kier alpha value is -1.59. The number of nitrogens with zero attached hydrogens (tertiary/aromatic N) is 1. The van der Waals surface area contributed by atoms with Crippen molar-refractivity contribution in [2.75, 3.05) is 46.5 Å².